The molecule has 3 nitrogen and oxygen atoms in total. The third kappa shape index (κ3) is 2.92. The molecule has 1 atom stereocenters. The van der Waals surface area contributed by atoms with Crippen molar-refractivity contribution in [3.05, 3.63) is 36.1 Å². The highest BCUT2D eigenvalue weighted by Crippen LogP contribution is 2.23. The second kappa shape index (κ2) is 5.71. The molecule has 96 valence electrons. The number of furan rings is 1. The van der Waals surface area contributed by atoms with E-state index in [-0.39, 0.29) is 11.9 Å². The van der Waals surface area contributed by atoms with Crippen molar-refractivity contribution in [3.63, 3.8) is 0 Å². The summed E-state index contributed by atoms with van der Waals surface area (Å²) in [5.41, 5.74) is 0.863. The zero-order chi connectivity index (χ0) is 13.0. The number of fused-ring (bicyclic) bond motifs is 1. The van der Waals surface area contributed by atoms with Gasteiger partial charge in [-0.1, -0.05) is 31.5 Å². The number of amides is 1. The SMILES string of the molecule is CCCCC(=O)NC(C)c1cc2ccccc2o1. The third-order valence-electron chi connectivity index (χ3n) is 3.01. The van der Waals surface area contributed by atoms with Gasteiger partial charge in [0.2, 0.25) is 5.91 Å². The van der Waals surface area contributed by atoms with Gasteiger partial charge in [-0.3, -0.25) is 4.79 Å². The number of carbonyl (C=O) groups excluding carboxylic acids is 1. The fourth-order valence-corrected chi connectivity index (χ4v) is 1.94. The van der Waals surface area contributed by atoms with Gasteiger partial charge >= 0.3 is 0 Å². The number of para-hydroxylation sites is 1. The van der Waals surface area contributed by atoms with Gasteiger partial charge < -0.3 is 9.73 Å². The van der Waals surface area contributed by atoms with Crippen LogP contribution in [0.15, 0.2) is 34.7 Å². The predicted molar refractivity (Wildman–Crippen MR) is 72.3 cm³/mol. The van der Waals surface area contributed by atoms with Gasteiger partial charge in [-0.2, -0.15) is 0 Å². The number of carbonyl (C=O) groups is 1. The lowest BCUT2D eigenvalue weighted by molar-refractivity contribution is -0.121. The van der Waals surface area contributed by atoms with Gasteiger partial charge in [-0.05, 0) is 25.5 Å². The molecule has 1 aromatic heterocycles. The molecule has 0 aliphatic carbocycles. The third-order valence-corrected chi connectivity index (χ3v) is 3.01. The topological polar surface area (TPSA) is 42.2 Å². The Balaban J connectivity index is 2.04. The molecule has 0 fully saturated rings. The molecule has 0 aliphatic heterocycles. The van der Waals surface area contributed by atoms with Gasteiger partial charge in [0.15, 0.2) is 0 Å². The number of nitrogens with one attached hydrogen (secondary N) is 1. The number of benzene rings is 1. The fourth-order valence-electron chi connectivity index (χ4n) is 1.94. The van der Waals surface area contributed by atoms with Crippen LogP contribution in [-0.2, 0) is 4.79 Å². The average Bonchev–Trinajstić information content (AvgIpc) is 2.80. The lowest BCUT2D eigenvalue weighted by atomic mass is 10.2. The molecule has 1 heterocycles. The van der Waals surface area contributed by atoms with Gasteiger partial charge in [0.05, 0.1) is 6.04 Å². The van der Waals surface area contributed by atoms with Crippen molar-refractivity contribution in [3.8, 4) is 0 Å². The molecular formula is C15H19NO2. The monoisotopic (exact) mass is 245 g/mol. The smallest absolute Gasteiger partial charge is 0.220 e. The van der Waals surface area contributed by atoms with E-state index in [9.17, 15) is 4.79 Å². The van der Waals surface area contributed by atoms with Crippen LogP contribution in [0.4, 0.5) is 0 Å². The van der Waals surface area contributed by atoms with Gasteiger partial charge in [0.1, 0.15) is 11.3 Å². The highest BCUT2D eigenvalue weighted by atomic mass is 16.3. The zero-order valence-corrected chi connectivity index (χ0v) is 10.9. The van der Waals surface area contributed by atoms with Crippen LogP contribution < -0.4 is 5.32 Å². The van der Waals surface area contributed by atoms with E-state index < -0.39 is 0 Å². The lowest BCUT2D eigenvalue weighted by Crippen LogP contribution is -2.25. The van der Waals surface area contributed by atoms with Crippen molar-refractivity contribution in [2.75, 3.05) is 0 Å². The summed E-state index contributed by atoms with van der Waals surface area (Å²) in [6.45, 7) is 4.03. The van der Waals surface area contributed by atoms with Gasteiger partial charge in [0, 0.05) is 11.8 Å². The van der Waals surface area contributed by atoms with E-state index in [1.165, 1.54) is 0 Å². The van der Waals surface area contributed by atoms with E-state index in [1.54, 1.807) is 0 Å². The Kier molecular flexibility index (Phi) is 4.03. The number of hydrogen-bond acceptors (Lipinski definition) is 2. The molecule has 1 N–H and O–H groups in total. The molecule has 0 radical (unpaired) electrons. The summed E-state index contributed by atoms with van der Waals surface area (Å²) >= 11 is 0. The van der Waals surface area contributed by atoms with Crippen LogP contribution in [0.5, 0.6) is 0 Å². The second-order valence-corrected chi connectivity index (χ2v) is 4.58. The molecule has 2 rings (SSSR count). The van der Waals surface area contributed by atoms with Crippen LogP contribution in [0.1, 0.15) is 44.9 Å². The van der Waals surface area contributed by atoms with E-state index >= 15 is 0 Å². The van der Waals surface area contributed by atoms with E-state index in [0.29, 0.717) is 6.42 Å². The standard InChI is InChI=1S/C15H19NO2/c1-3-4-9-15(17)16-11(2)14-10-12-7-5-6-8-13(12)18-14/h5-8,10-11H,3-4,9H2,1-2H3,(H,16,17). The van der Waals surface area contributed by atoms with Crippen molar-refractivity contribution in [1.29, 1.82) is 0 Å². The van der Waals surface area contributed by atoms with Crippen LogP contribution in [0.3, 0.4) is 0 Å². The molecule has 0 saturated carbocycles. The molecular weight excluding hydrogens is 226 g/mol. The first-order valence-corrected chi connectivity index (χ1v) is 6.48. The van der Waals surface area contributed by atoms with Crippen LogP contribution in [0, 0.1) is 0 Å². The summed E-state index contributed by atoms with van der Waals surface area (Å²) in [5, 5.41) is 4.03. The van der Waals surface area contributed by atoms with Gasteiger partial charge in [0.25, 0.3) is 0 Å². The van der Waals surface area contributed by atoms with Crippen molar-refractivity contribution in [1.82, 2.24) is 5.32 Å². The summed E-state index contributed by atoms with van der Waals surface area (Å²) in [4.78, 5) is 11.6. The van der Waals surface area contributed by atoms with Crippen LogP contribution in [0.25, 0.3) is 11.0 Å². The first-order chi connectivity index (χ1) is 8.70. The van der Waals surface area contributed by atoms with E-state index in [1.807, 2.05) is 37.3 Å². The molecule has 1 amide bonds. The van der Waals surface area contributed by atoms with Gasteiger partial charge in [-0.15, -0.1) is 0 Å². The summed E-state index contributed by atoms with van der Waals surface area (Å²) in [5.74, 6) is 0.894. The summed E-state index contributed by atoms with van der Waals surface area (Å²) in [6.07, 6.45) is 2.55. The van der Waals surface area contributed by atoms with Crippen LogP contribution in [0.2, 0.25) is 0 Å². The zero-order valence-electron chi connectivity index (χ0n) is 10.9. The number of unbranched alkanes of at least 4 members (excludes halogenated alkanes) is 1. The molecule has 0 saturated heterocycles. The highest BCUT2D eigenvalue weighted by Gasteiger charge is 2.13. The first-order valence-electron chi connectivity index (χ1n) is 6.48. The second-order valence-electron chi connectivity index (χ2n) is 4.58. The Bertz CT molecular complexity index is 497. The quantitative estimate of drug-likeness (QED) is 0.870. The minimum Gasteiger partial charge on any atom is -0.459 e. The number of rotatable bonds is 5. The van der Waals surface area contributed by atoms with E-state index in [2.05, 4.69) is 12.2 Å². The Morgan fingerprint density at radius 2 is 2.17 bits per heavy atom. The largest absolute Gasteiger partial charge is 0.459 e. The Hall–Kier alpha value is -1.77. The summed E-state index contributed by atoms with van der Waals surface area (Å²) in [7, 11) is 0. The Labute approximate surface area is 107 Å². The molecule has 0 bridgehead atoms. The maximum absolute atomic E-state index is 11.6. The summed E-state index contributed by atoms with van der Waals surface area (Å²) < 4.78 is 5.72. The molecule has 0 aliphatic rings. The first kappa shape index (κ1) is 12.7. The minimum atomic E-state index is -0.0817. The predicted octanol–water partition coefficient (Wildman–Crippen LogP) is 3.80. The van der Waals surface area contributed by atoms with E-state index in [4.69, 9.17) is 4.42 Å². The molecule has 2 aromatic rings. The molecule has 1 aromatic carbocycles. The molecule has 3 heteroatoms. The van der Waals surface area contributed by atoms with Crippen LogP contribution in [-0.4, -0.2) is 5.91 Å². The average molecular weight is 245 g/mol. The van der Waals surface area contributed by atoms with E-state index in [0.717, 1.165) is 29.6 Å². The molecule has 1 unspecified atom stereocenters. The maximum atomic E-state index is 11.6. The minimum absolute atomic E-state index is 0.0817. The normalized spacial score (nSPS) is 12.6. The van der Waals surface area contributed by atoms with Crippen LogP contribution >= 0.6 is 0 Å². The van der Waals surface area contributed by atoms with Gasteiger partial charge in [-0.25, -0.2) is 0 Å². The fraction of sp³-hybridized carbons (Fsp3) is 0.400. The number of hydrogen-bond donors (Lipinski definition) is 1. The van der Waals surface area contributed by atoms with Crippen molar-refractivity contribution in [2.45, 2.75) is 39.2 Å². The summed E-state index contributed by atoms with van der Waals surface area (Å²) in [6, 6.07) is 9.77. The Morgan fingerprint density at radius 1 is 1.39 bits per heavy atom. The maximum Gasteiger partial charge on any atom is 0.220 e. The molecule has 0 spiro atoms. The van der Waals surface area contributed by atoms with Crippen molar-refractivity contribution in [2.24, 2.45) is 0 Å². The Morgan fingerprint density at radius 3 is 2.89 bits per heavy atom. The van der Waals surface area contributed by atoms with Crippen molar-refractivity contribution < 1.29 is 9.21 Å². The van der Waals surface area contributed by atoms with Crippen molar-refractivity contribution >= 4 is 16.9 Å². The molecule has 18 heavy (non-hydrogen) atoms. The highest BCUT2D eigenvalue weighted by molar-refractivity contribution is 5.79. The lowest BCUT2D eigenvalue weighted by Gasteiger charge is -2.10.